The van der Waals surface area contributed by atoms with E-state index in [4.69, 9.17) is 0 Å². The Hall–Kier alpha value is -0.868. The van der Waals surface area contributed by atoms with E-state index in [0.717, 1.165) is 0 Å². The summed E-state index contributed by atoms with van der Waals surface area (Å²) in [5.74, 6) is 0.499. The van der Waals surface area contributed by atoms with Gasteiger partial charge in [-0.2, -0.15) is 0 Å². The molecule has 0 bridgehead atoms. The van der Waals surface area contributed by atoms with E-state index in [1.807, 2.05) is 17.8 Å². The monoisotopic (exact) mass is 539 g/mol. The zero-order valence-electron chi connectivity index (χ0n) is 5.02. The Morgan fingerprint density at radius 1 is 1.75 bits per heavy atom. The number of hydrogen-bond acceptors (Lipinski definition) is 1. The molecule has 4 heteroatoms. The van der Waals surface area contributed by atoms with Crippen molar-refractivity contribution in [3.63, 3.8) is 0 Å². The molecule has 0 aliphatic rings. The van der Waals surface area contributed by atoms with Gasteiger partial charge in [0.25, 0.3) is 0 Å². The molecule has 0 aromatic rings. The zero-order chi connectivity index (χ0) is 6.73. The summed E-state index contributed by atoms with van der Waals surface area (Å²) in [5, 5.41) is 0. The van der Waals surface area contributed by atoms with Crippen LogP contribution in [0.15, 0.2) is 0 Å². The minimum atomic E-state index is 0.196. The summed E-state index contributed by atoms with van der Waals surface area (Å²) in [6.45, 7) is 3.87. The molecule has 0 aliphatic heterocycles. The molecule has 0 saturated carbocycles. The molecule has 1 amide bonds. The molecule has 0 spiro atoms. The van der Waals surface area contributed by atoms with E-state index in [2.05, 4.69) is 0 Å². The molecular formula is C4H7NOReRf. The van der Waals surface area contributed by atoms with E-state index >= 15 is 0 Å². The summed E-state index contributed by atoms with van der Waals surface area (Å²) in [6.07, 6.45) is 0. The molecule has 0 radical (unpaired) electrons. The first-order valence-electron chi connectivity index (χ1n) is 2.36. The Labute approximate surface area is 54.4 Å². The molecule has 0 atom stereocenters. The molecule has 2 nitrogen and oxygen atoms in total. The van der Waals surface area contributed by atoms with Gasteiger partial charge in [0.1, 0.15) is 0 Å². The van der Waals surface area contributed by atoms with Crippen molar-refractivity contribution in [3.8, 4) is 0 Å². The second kappa shape index (κ2) is 2.44. The molecule has 8 heavy (non-hydrogen) atoms. The van der Waals surface area contributed by atoms with Crippen LogP contribution < -0.4 is 0 Å². The third-order valence-electron chi connectivity index (χ3n) is 0.733. The summed E-state index contributed by atoms with van der Waals surface area (Å²) in [6, 6.07) is 0. The van der Waals surface area contributed by atoms with Gasteiger partial charge in [-0.25, -0.2) is 0 Å². The zero-order valence-corrected chi connectivity index (χ0v) is 14.1. The van der Waals surface area contributed by atoms with Gasteiger partial charge in [0.15, 0.2) is 0 Å². The first-order valence-corrected chi connectivity index (χ1v) is 6.43. The fourth-order valence-electron chi connectivity index (χ4n) is 0.280. The van der Waals surface area contributed by atoms with E-state index in [-0.39, 0.29) is 5.92 Å². The van der Waals surface area contributed by atoms with Gasteiger partial charge in [-0.05, 0) is 0 Å². The Morgan fingerprint density at radius 3 is 2.12 bits per heavy atom. The van der Waals surface area contributed by atoms with Gasteiger partial charge >= 0.3 is 53.9 Å². The van der Waals surface area contributed by atoms with Gasteiger partial charge in [-0.3, -0.25) is 0 Å². The van der Waals surface area contributed by atoms with Crippen molar-refractivity contribution in [2.75, 3.05) is 0 Å². The van der Waals surface area contributed by atoms with Crippen LogP contribution >= 0.6 is 0 Å². The van der Waals surface area contributed by atoms with Crippen molar-refractivity contribution < 1.29 is 24.2 Å². The van der Waals surface area contributed by atoms with Crippen LogP contribution in [-0.2, 0) is 24.2 Å². The average Bonchev–Trinajstić information content (AvgIpc) is 1.64. The fraction of sp³-hybridized carbons (Fsp3) is 0.750. The van der Waals surface area contributed by atoms with Gasteiger partial charge in [-0.1, -0.05) is 0 Å². The third-order valence-corrected chi connectivity index (χ3v) is 2.74. The van der Waals surface area contributed by atoms with Crippen LogP contribution in [0.1, 0.15) is 13.8 Å². The SMILES string of the molecule is CC(C)C(=O)[N]([Re])[Rf]. The van der Waals surface area contributed by atoms with Crippen LogP contribution in [0.5, 0.6) is 0 Å². The molecule has 0 aliphatic carbocycles. The molecule has 0 N–H and O–H groups in total. The normalized spacial score (nSPS) is 9.75. The van der Waals surface area contributed by atoms with Crippen molar-refractivity contribution >= 4 is 5.91 Å². The van der Waals surface area contributed by atoms with Gasteiger partial charge < -0.3 is 0 Å². The van der Waals surface area contributed by atoms with Crippen LogP contribution in [0.3, 0.4) is 0 Å². The number of rotatable bonds is 1. The Morgan fingerprint density at radius 2 is 2.12 bits per heavy atom. The van der Waals surface area contributed by atoms with Crippen LogP contribution in [0, 0.1) is 5.92 Å². The topological polar surface area (TPSA) is 20.3 Å². The second-order valence-corrected chi connectivity index (χ2v) is 13.6. The molecule has 0 aromatic carbocycles. The molecule has 0 rings (SSSR count). The minimum absolute atomic E-state index is 0.196. The van der Waals surface area contributed by atoms with E-state index in [1.165, 1.54) is 19.4 Å². The second-order valence-electron chi connectivity index (χ2n) is 1.86. The van der Waals surface area contributed by atoms with Crippen LogP contribution in [0.2, 0.25) is 0 Å². The molecule has 0 unspecified atom stereocenters. The Kier molecular flexibility index (Phi) is 2.18. The molecular weight excluding hydrogens is 531 g/mol. The predicted octanol–water partition coefficient (Wildman–Crippen LogP) is 0.397. The van der Waals surface area contributed by atoms with Crippen molar-refractivity contribution in [3.05, 3.63) is 0 Å². The number of hydrogen-bond donors (Lipinski definition) is 0. The van der Waals surface area contributed by atoms with Crippen molar-refractivity contribution in [1.29, 1.82) is 0 Å². The maximum atomic E-state index is 10.8. The van der Waals surface area contributed by atoms with Gasteiger partial charge in [-0.15, -0.1) is 0 Å². The predicted molar refractivity (Wildman–Crippen MR) is 21.7 cm³/mol. The number of amides is 1. The van der Waals surface area contributed by atoms with Gasteiger partial charge in [0.05, 0.1) is 0 Å². The molecule has 0 fully saturated rings. The van der Waals surface area contributed by atoms with E-state index in [1.54, 1.807) is 0 Å². The summed E-state index contributed by atoms with van der Waals surface area (Å²) in [4.78, 5) is 10.8. The summed E-state index contributed by atoms with van der Waals surface area (Å²) < 4.78 is 2.25. The summed E-state index contributed by atoms with van der Waals surface area (Å²) in [5.41, 5.74) is 0. The summed E-state index contributed by atoms with van der Waals surface area (Å²) >= 11 is 1.49. The first-order chi connectivity index (χ1) is 3.55. The van der Waals surface area contributed by atoms with E-state index in [0.29, 0.717) is 5.91 Å². The quantitative estimate of drug-likeness (QED) is 0.474. The van der Waals surface area contributed by atoms with Gasteiger partial charge in [0.2, 0.25) is 0 Å². The average molecular weight is 538 g/mol. The Balaban J connectivity index is 3.65. The third kappa shape index (κ3) is 1.72. The molecule has 0 aromatic heterocycles. The van der Waals surface area contributed by atoms with Crippen molar-refractivity contribution in [2.24, 2.45) is 5.92 Å². The fourth-order valence-corrected chi connectivity index (χ4v) is 2.63. The number of carbonyl (C=O) groups is 1. The molecule has 0 saturated heterocycles. The number of nitrogens with zero attached hydrogens (tertiary/aromatic N) is 1. The van der Waals surface area contributed by atoms with Crippen LogP contribution in [-0.4, -0.2) is 9.86 Å². The number of carbonyl (C=O) groups excluding carboxylic acids is 1. The van der Waals surface area contributed by atoms with Gasteiger partial charge in [0, 0.05) is 0 Å². The van der Waals surface area contributed by atoms with Crippen molar-refractivity contribution in [2.45, 2.75) is 13.8 Å². The van der Waals surface area contributed by atoms with Crippen molar-refractivity contribution in [1.82, 2.24) is 3.95 Å². The Bertz CT molecular complexity index is 84.0. The van der Waals surface area contributed by atoms with Crippen LogP contribution in [0.4, 0.5) is 0 Å². The standard InChI is InChI=1S/C4H7NO.Re.Rf/c1-3(2)4(5)6;;/h3H,1-2H3;;. The molecule has 0 heterocycles. The molecule has 43 valence electrons. The maximum absolute atomic E-state index is 10.8. The van der Waals surface area contributed by atoms with E-state index in [9.17, 15) is 4.79 Å². The van der Waals surface area contributed by atoms with Crippen LogP contribution in [0.25, 0.3) is 0 Å². The summed E-state index contributed by atoms with van der Waals surface area (Å²) in [7, 11) is 0. The first kappa shape index (κ1) is 7.13. The van der Waals surface area contributed by atoms with E-state index < -0.39 is 0 Å².